The summed E-state index contributed by atoms with van der Waals surface area (Å²) >= 11 is 0. The lowest BCUT2D eigenvalue weighted by Gasteiger charge is -2.20. The van der Waals surface area contributed by atoms with E-state index in [1.165, 1.54) is 19.3 Å². The number of amides is 1. The number of carbonyl (C=O) groups is 1. The zero-order chi connectivity index (χ0) is 18.4. The molecule has 1 aromatic heterocycles. The number of pyridine rings is 1. The van der Waals surface area contributed by atoms with Gasteiger partial charge in [-0.05, 0) is 43.9 Å². The summed E-state index contributed by atoms with van der Waals surface area (Å²) < 4.78 is 0. The van der Waals surface area contributed by atoms with Gasteiger partial charge in [0.25, 0.3) is 0 Å². The highest BCUT2D eigenvalue weighted by Gasteiger charge is 2.20. The molecule has 2 N–H and O–H groups in total. The van der Waals surface area contributed by atoms with Crippen molar-refractivity contribution in [2.75, 3.05) is 18.4 Å². The number of aromatic nitrogens is 1. The molecule has 0 atom stereocenters. The molecule has 3 rings (SSSR count). The van der Waals surface area contributed by atoms with E-state index in [1.54, 1.807) is 0 Å². The SMILES string of the molecule is Cc1ccc2cc(C#N)c(NCCCNC(=O)C3CCCCC3)nc2c1. The Hall–Kier alpha value is -2.61. The minimum absolute atomic E-state index is 0.196. The van der Waals surface area contributed by atoms with Crippen molar-refractivity contribution in [2.45, 2.75) is 45.4 Å². The summed E-state index contributed by atoms with van der Waals surface area (Å²) in [6, 6.07) is 10.1. The van der Waals surface area contributed by atoms with Crippen molar-refractivity contribution in [3.63, 3.8) is 0 Å². The molecule has 136 valence electrons. The van der Waals surface area contributed by atoms with Crippen molar-refractivity contribution in [1.29, 1.82) is 5.26 Å². The summed E-state index contributed by atoms with van der Waals surface area (Å²) in [6.45, 7) is 3.35. The van der Waals surface area contributed by atoms with E-state index >= 15 is 0 Å². The first-order valence-corrected chi connectivity index (χ1v) is 9.50. The Morgan fingerprint density at radius 2 is 2.04 bits per heavy atom. The molecular formula is C21H26N4O. The number of nitrogens with zero attached hydrogens (tertiary/aromatic N) is 2. The van der Waals surface area contributed by atoms with E-state index in [9.17, 15) is 10.1 Å². The van der Waals surface area contributed by atoms with Gasteiger partial charge < -0.3 is 10.6 Å². The zero-order valence-corrected chi connectivity index (χ0v) is 15.3. The van der Waals surface area contributed by atoms with Crippen LogP contribution >= 0.6 is 0 Å². The fraction of sp³-hybridized carbons (Fsp3) is 0.476. The van der Waals surface area contributed by atoms with Crippen LogP contribution in [0.25, 0.3) is 10.9 Å². The van der Waals surface area contributed by atoms with Crippen LogP contribution in [0, 0.1) is 24.2 Å². The molecule has 1 aromatic carbocycles. The molecule has 1 heterocycles. The maximum absolute atomic E-state index is 12.1. The monoisotopic (exact) mass is 350 g/mol. The maximum atomic E-state index is 12.1. The fourth-order valence-corrected chi connectivity index (χ4v) is 3.51. The Morgan fingerprint density at radius 3 is 2.81 bits per heavy atom. The minimum Gasteiger partial charge on any atom is -0.369 e. The van der Waals surface area contributed by atoms with Gasteiger partial charge in [-0.2, -0.15) is 5.26 Å². The van der Waals surface area contributed by atoms with Crippen LogP contribution in [0.3, 0.4) is 0 Å². The topological polar surface area (TPSA) is 77.8 Å². The van der Waals surface area contributed by atoms with Crippen LogP contribution < -0.4 is 10.6 Å². The molecule has 1 aliphatic carbocycles. The molecule has 5 nitrogen and oxygen atoms in total. The van der Waals surface area contributed by atoms with Crippen molar-refractivity contribution in [1.82, 2.24) is 10.3 Å². The van der Waals surface area contributed by atoms with E-state index in [0.29, 0.717) is 24.5 Å². The first-order chi connectivity index (χ1) is 12.7. The number of rotatable bonds is 6. The lowest BCUT2D eigenvalue weighted by molar-refractivity contribution is -0.125. The summed E-state index contributed by atoms with van der Waals surface area (Å²) in [5.74, 6) is 1.01. The van der Waals surface area contributed by atoms with Crippen molar-refractivity contribution in [2.24, 2.45) is 5.92 Å². The Morgan fingerprint density at radius 1 is 1.23 bits per heavy atom. The van der Waals surface area contributed by atoms with E-state index in [0.717, 1.165) is 35.7 Å². The molecule has 0 spiro atoms. The predicted octanol–water partition coefficient (Wildman–Crippen LogP) is 3.91. The lowest BCUT2D eigenvalue weighted by Crippen LogP contribution is -2.33. The van der Waals surface area contributed by atoms with Crippen LogP contribution in [-0.2, 0) is 4.79 Å². The highest BCUT2D eigenvalue weighted by Crippen LogP contribution is 2.23. The Bertz CT molecular complexity index is 819. The fourth-order valence-electron chi connectivity index (χ4n) is 3.51. The van der Waals surface area contributed by atoms with Gasteiger partial charge in [-0.25, -0.2) is 4.98 Å². The van der Waals surface area contributed by atoms with Crippen molar-refractivity contribution in [3.05, 3.63) is 35.4 Å². The minimum atomic E-state index is 0.196. The average molecular weight is 350 g/mol. The smallest absolute Gasteiger partial charge is 0.223 e. The number of carbonyl (C=O) groups excluding carboxylic acids is 1. The summed E-state index contributed by atoms with van der Waals surface area (Å²) in [5, 5.41) is 16.6. The van der Waals surface area contributed by atoms with Crippen LogP contribution in [0.4, 0.5) is 5.82 Å². The summed E-state index contributed by atoms with van der Waals surface area (Å²) in [5.41, 5.74) is 2.58. The van der Waals surface area contributed by atoms with Gasteiger partial charge in [0.1, 0.15) is 11.9 Å². The Balaban J connectivity index is 1.51. The molecule has 2 aromatic rings. The van der Waals surface area contributed by atoms with Crippen molar-refractivity contribution >= 4 is 22.6 Å². The van der Waals surface area contributed by atoms with E-state index < -0.39 is 0 Å². The zero-order valence-electron chi connectivity index (χ0n) is 15.3. The molecule has 1 saturated carbocycles. The molecule has 1 amide bonds. The molecule has 0 saturated heterocycles. The van der Waals surface area contributed by atoms with Crippen LogP contribution in [-0.4, -0.2) is 24.0 Å². The maximum Gasteiger partial charge on any atom is 0.223 e. The first-order valence-electron chi connectivity index (χ1n) is 9.50. The first kappa shape index (κ1) is 18.2. The Labute approximate surface area is 154 Å². The second-order valence-electron chi connectivity index (χ2n) is 7.10. The molecule has 1 fully saturated rings. The van der Waals surface area contributed by atoms with Gasteiger partial charge in [0.2, 0.25) is 5.91 Å². The third-order valence-electron chi connectivity index (χ3n) is 5.01. The number of benzene rings is 1. The van der Waals surface area contributed by atoms with E-state index in [4.69, 9.17) is 0 Å². The van der Waals surface area contributed by atoms with Crippen molar-refractivity contribution < 1.29 is 4.79 Å². The van der Waals surface area contributed by atoms with Gasteiger partial charge >= 0.3 is 0 Å². The molecule has 0 aliphatic heterocycles. The number of nitrogens with one attached hydrogen (secondary N) is 2. The van der Waals surface area contributed by atoms with E-state index in [2.05, 4.69) is 21.7 Å². The van der Waals surface area contributed by atoms with Crippen LogP contribution in [0.1, 0.15) is 49.7 Å². The van der Waals surface area contributed by atoms with Gasteiger partial charge in [0.15, 0.2) is 0 Å². The average Bonchev–Trinajstić information content (AvgIpc) is 2.67. The highest BCUT2D eigenvalue weighted by atomic mass is 16.1. The van der Waals surface area contributed by atoms with Crippen molar-refractivity contribution in [3.8, 4) is 6.07 Å². The number of aryl methyl sites for hydroxylation is 1. The number of hydrogen-bond acceptors (Lipinski definition) is 4. The van der Waals surface area contributed by atoms with E-state index in [-0.39, 0.29) is 11.8 Å². The second-order valence-corrected chi connectivity index (χ2v) is 7.10. The van der Waals surface area contributed by atoms with Gasteiger partial charge in [-0.15, -0.1) is 0 Å². The number of fused-ring (bicyclic) bond motifs is 1. The highest BCUT2D eigenvalue weighted by molar-refractivity contribution is 5.83. The molecule has 26 heavy (non-hydrogen) atoms. The normalized spacial score (nSPS) is 14.8. The standard InChI is InChI=1S/C21H26N4O/c1-15-8-9-17-13-18(14-22)20(25-19(17)12-15)23-10-5-11-24-21(26)16-6-3-2-4-7-16/h8-9,12-13,16H,2-7,10-11H2,1H3,(H,23,25)(H,24,26). The summed E-state index contributed by atoms with van der Waals surface area (Å²) in [4.78, 5) is 16.7. The van der Waals surface area contributed by atoms with Crippen LogP contribution in [0.15, 0.2) is 24.3 Å². The quantitative estimate of drug-likeness (QED) is 0.774. The predicted molar refractivity (Wildman–Crippen MR) is 104 cm³/mol. The van der Waals surface area contributed by atoms with E-state index in [1.807, 2.05) is 31.2 Å². The Kier molecular flexibility index (Phi) is 6.06. The molecule has 0 bridgehead atoms. The largest absolute Gasteiger partial charge is 0.369 e. The third-order valence-corrected chi connectivity index (χ3v) is 5.01. The molecule has 1 aliphatic rings. The number of hydrogen-bond donors (Lipinski definition) is 2. The number of nitriles is 1. The van der Waals surface area contributed by atoms with Gasteiger partial charge in [0.05, 0.1) is 11.1 Å². The molecule has 5 heteroatoms. The second kappa shape index (κ2) is 8.66. The number of anilines is 1. The van der Waals surface area contributed by atoms with Gasteiger partial charge in [-0.1, -0.05) is 31.4 Å². The summed E-state index contributed by atoms with van der Waals surface area (Å²) in [7, 11) is 0. The summed E-state index contributed by atoms with van der Waals surface area (Å²) in [6.07, 6.45) is 6.45. The lowest BCUT2D eigenvalue weighted by atomic mass is 9.89. The molecule has 0 radical (unpaired) electrons. The third kappa shape index (κ3) is 4.51. The van der Waals surface area contributed by atoms with Gasteiger partial charge in [-0.3, -0.25) is 4.79 Å². The van der Waals surface area contributed by atoms with Gasteiger partial charge in [0, 0.05) is 24.4 Å². The van der Waals surface area contributed by atoms with Crippen LogP contribution in [0.5, 0.6) is 0 Å². The van der Waals surface area contributed by atoms with Crippen LogP contribution in [0.2, 0.25) is 0 Å². The molecule has 0 unspecified atom stereocenters. The molecular weight excluding hydrogens is 324 g/mol.